The minimum atomic E-state index is 0.0278. The zero-order chi connectivity index (χ0) is 12.4. The molecule has 0 aliphatic heterocycles. The van der Waals surface area contributed by atoms with Crippen LogP contribution in [0.25, 0.3) is 5.65 Å². The van der Waals surface area contributed by atoms with Gasteiger partial charge in [-0.15, -0.1) is 0 Å². The number of hydrogen-bond acceptors (Lipinski definition) is 3. The van der Waals surface area contributed by atoms with E-state index >= 15 is 0 Å². The number of hydrogen-bond donors (Lipinski definition) is 1. The second-order valence-corrected chi connectivity index (χ2v) is 4.09. The first-order valence-electron chi connectivity index (χ1n) is 5.46. The lowest BCUT2D eigenvalue weighted by molar-refractivity contribution is -0.112. The molecule has 0 aliphatic carbocycles. The molecule has 0 aromatic carbocycles. The molecule has 2 aromatic rings. The first kappa shape index (κ1) is 11.4. The number of nitrogens with one attached hydrogen (secondary N) is 1. The summed E-state index contributed by atoms with van der Waals surface area (Å²) in [6.45, 7) is 5.41. The number of ketones is 1. The largest absolute Gasteiger partial charge is 0.344 e. The number of fused-ring (bicyclic) bond motifs is 1. The van der Waals surface area contributed by atoms with Gasteiger partial charge in [-0.1, -0.05) is 6.07 Å². The molecule has 2 heterocycles. The van der Waals surface area contributed by atoms with Gasteiger partial charge in [0.2, 0.25) is 0 Å². The third-order valence-corrected chi connectivity index (χ3v) is 2.48. The van der Waals surface area contributed by atoms with Crippen LogP contribution in [0.3, 0.4) is 0 Å². The predicted octanol–water partition coefficient (Wildman–Crippen LogP) is 2.55. The van der Waals surface area contributed by atoms with E-state index < -0.39 is 0 Å². The van der Waals surface area contributed by atoms with E-state index in [0.717, 1.165) is 22.7 Å². The van der Waals surface area contributed by atoms with E-state index in [1.165, 1.54) is 6.92 Å². The quantitative estimate of drug-likeness (QED) is 0.823. The molecule has 2 aromatic heterocycles. The maximum atomic E-state index is 11.0. The number of nitrogens with zero attached hydrogens (tertiary/aromatic N) is 2. The molecule has 4 nitrogen and oxygen atoms in total. The second kappa shape index (κ2) is 4.41. The third kappa shape index (κ3) is 2.36. The van der Waals surface area contributed by atoms with Crippen molar-refractivity contribution in [3.05, 3.63) is 41.9 Å². The fraction of sp³-hybridized carbons (Fsp3) is 0.231. The summed E-state index contributed by atoms with van der Waals surface area (Å²) in [5.41, 5.74) is 2.85. The van der Waals surface area contributed by atoms with Gasteiger partial charge in [0.25, 0.3) is 0 Å². The van der Waals surface area contributed by atoms with Gasteiger partial charge >= 0.3 is 0 Å². The first-order valence-corrected chi connectivity index (χ1v) is 5.46. The number of allylic oxidation sites excluding steroid dienone is 2. The molecule has 0 radical (unpaired) electrons. The van der Waals surface area contributed by atoms with Crippen LogP contribution >= 0.6 is 0 Å². The molecule has 0 fully saturated rings. The average Bonchev–Trinajstić information content (AvgIpc) is 2.62. The minimum Gasteiger partial charge on any atom is -0.344 e. The number of carbonyl (C=O) groups is 1. The number of imidazole rings is 1. The highest BCUT2D eigenvalue weighted by atomic mass is 16.1. The summed E-state index contributed by atoms with van der Waals surface area (Å²) in [5.74, 6) is 0.888. The summed E-state index contributed by atoms with van der Waals surface area (Å²) in [5, 5.41) is 3.16. The van der Waals surface area contributed by atoms with E-state index in [9.17, 15) is 4.79 Å². The van der Waals surface area contributed by atoms with E-state index in [2.05, 4.69) is 10.3 Å². The van der Waals surface area contributed by atoms with Gasteiger partial charge in [0.05, 0.1) is 6.20 Å². The van der Waals surface area contributed by atoms with Crippen LogP contribution in [-0.2, 0) is 4.79 Å². The smallest absolute Gasteiger partial charge is 0.154 e. The van der Waals surface area contributed by atoms with Crippen LogP contribution in [0.5, 0.6) is 0 Å². The van der Waals surface area contributed by atoms with Crippen molar-refractivity contribution >= 4 is 17.2 Å². The Balaban J connectivity index is 2.38. The zero-order valence-electron chi connectivity index (χ0n) is 10.2. The van der Waals surface area contributed by atoms with E-state index in [-0.39, 0.29) is 5.78 Å². The molecular formula is C13H15N3O. The molecule has 0 atom stereocenters. The molecular weight excluding hydrogens is 214 g/mol. The lowest BCUT2D eigenvalue weighted by Gasteiger charge is -2.06. The van der Waals surface area contributed by atoms with Gasteiger partial charge in [-0.3, -0.25) is 9.20 Å². The molecule has 0 bridgehead atoms. The van der Waals surface area contributed by atoms with Gasteiger partial charge < -0.3 is 5.32 Å². The van der Waals surface area contributed by atoms with Crippen molar-refractivity contribution in [3.63, 3.8) is 0 Å². The van der Waals surface area contributed by atoms with Crippen molar-refractivity contribution in [2.24, 2.45) is 0 Å². The normalized spacial score (nSPS) is 11.8. The van der Waals surface area contributed by atoms with Crippen molar-refractivity contribution in [1.29, 1.82) is 0 Å². The summed E-state index contributed by atoms with van der Waals surface area (Å²) in [4.78, 5) is 15.3. The number of pyridine rings is 1. The summed E-state index contributed by atoms with van der Waals surface area (Å²) in [6, 6.07) is 3.99. The topological polar surface area (TPSA) is 46.4 Å². The van der Waals surface area contributed by atoms with E-state index in [0.29, 0.717) is 0 Å². The first-order chi connectivity index (χ1) is 8.08. The molecule has 0 amide bonds. The summed E-state index contributed by atoms with van der Waals surface area (Å²) in [7, 11) is 0. The number of anilines is 1. The highest BCUT2D eigenvalue weighted by molar-refractivity contribution is 5.88. The molecule has 88 valence electrons. The Labute approximate surface area is 100.0 Å². The molecule has 0 aliphatic rings. The fourth-order valence-corrected chi connectivity index (χ4v) is 1.79. The number of rotatable bonds is 3. The van der Waals surface area contributed by atoms with E-state index in [4.69, 9.17) is 0 Å². The molecule has 1 N–H and O–H groups in total. The standard InChI is InChI=1S/C13H15N3O/c1-9-5-4-6-16-12(8-14-13(9)16)15-10(2)7-11(3)17/h4-8,15H,1-3H3/b10-7-. The lowest BCUT2D eigenvalue weighted by Crippen LogP contribution is -2.01. The SMILES string of the molecule is CC(=O)/C=C(/C)Nc1cnc2c(C)cccn12. The number of aromatic nitrogens is 2. The number of carbonyl (C=O) groups excluding carboxylic acids is 1. The molecule has 0 unspecified atom stereocenters. The Morgan fingerprint density at radius 1 is 1.47 bits per heavy atom. The van der Waals surface area contributed by atoms with Crippen LogP contribution in [0, 0.1) is 6.92 Å². The Bertz CT molecular complexity index is 596. The van der Waals surface area contributed by atoms with Gasteiger partial charge in [-0.25, -0.2) is 4.98 Å². The van der Waals surface area contributed by atoms with Crippen LogP contribution in [0.1, 0.15) is 19.4 Å². The van der Waals surface area contributed by atoms with Crippen molar-refractivity contribution < 1.29 is 4.79 Å². The van der Waals surface area contributed by atoms with Crippen molar-refractivity contribution in [3.8, 4) is 0 Å². The summed E-state index contributed by atoms with van der Waals surface area (Å²) >= 11 is 0. The molecule has 0 saturated heterocycles. The van der Waals surface area contributed by atoms with Gasteiger partial charge in [-0.05, 0) is 38.5 Å². The lowest BCUT2D eigenvalue weighted by atomic mass is 10.3. The Morgan fingerprint density at radius 3 is 2.94 bits per heavy atom. The maximum absolute atomic E-state index is 11.0. The van der Waals surface area contributed by atoms with Crippen molar-refractivity contribution in [2.75, 3.05) is 5.32 Å². The van der Waals surface area contributed by atoms with Gasteiger partial charge in [0, 0.05) is 11.9 Å². The third-order valence-electron chi connectivity index (χ3n) is 2.48. The number of aryl methyl sites for hydroxylation is 1. The van der Waals surface area contributed by atoms with Gasteiger partial charge in [0.1, 0.15) is 11.5 Å². The van der Waals surface area contributed by atoms with Crippen LogP contribution in [0.4, 0.5) is 5.82 Å². The molecule has 4 heteroatoms. The predicted molar refractivity (Wildman–Crippen MR) is 68.0 cm³/mol. The van der Waals surface area contributed by atoms with Crippen LogP contribution in [0.15, 0.2) is 36.3 Å². The van der Waals surface area contributed by atoms with Crippen molar-refractivity contribution in [2.45, 2.75) is 20.8 Å². The van der Waals surface area contributed by atoms with E-state index in [1.807, 2.05) is 36.6 Å². The average molecular weight is 229 g/mol. The van der Waals surface area contributed by atoms with Gasteiger partial charge in [0.15, 0.2) is 5.78 Å². The second-order valence-electron chi connectivity index (χ2n) is 4.09. The Morgan fingerprint density at radius 2 is 2.24 bits per heavy atom. The van der Waals surface area contributed by atoms with Crippen molar-refractivity contribution in [1.82, 2.24) is 9.38 Å². The molecule has 17 heavy (non-hydrogen) atoms. The fourth-order valence-electron chi connectivity index (χ4n) is 1.79. The summed E-state index contributed by atoms with van der Waals surface area (Å²) < 4.78 is 1.97. The molecule has 0 saturated carbocycles. The Kier molecular flexibility index (Phi) is 2.95. The van der Waals surface area contributed by atoms with Gasteiger partial charge in [-0.2, -0.15) is 0 Å². The highest BCUT2D eigenvalue weighted by Gasteiger charge is 2.04. The van der Waals surface area contributed by atoms with E-state index in [1.54, 1.807) is 12.3 Å². The van der Waals surface area contributed by atoms with Crippen LogP contribution in [-0.4, -0.2) is 15.2 Å². The monoisotopic (exact) mass is 229 g/mol. The summed E-state index contributed by atoms with van der Waals surface area (Å²) in [6.07, 6.45) is 5.27. The maximum Gasteiger partial charge on any atom is 0.154 e. The molecule has 0 spiro atoms. The van der Waals surface area contributed by atoms with Crippen LogP contribution in [0.2, 0.25) is 0 Å². The zero-order valence-corrected chi connectivity index (χ0v) is 10.2. The minimum absolute atomic E-state index is 0.0278. The highest BCUT2D eigenvalue weighted by Crippen LogP contribution is 2.16. The Hall–Kier alpha value is -2.10. The van der Waals surface area contributed by atoms with Crippen LogP contribution < -0.4 is 5.32 Å². The molecule has 2 rings (SSSR count).